The molecule has 0 radical (unpaired) electrons. The van der Waals surface area contributed by atoms with Crippen molar-refractivity contribution in [2.24, 2.45) is 0 Å². The Morgan fingerprint density at radius 3 is 2.75 bits per heavy atom. The molecular formula is C15H12ClF2N5O. The lowest BCUT2D eigenvalue weighted by Crippen LogP contribution is -2.04. The number of ether oxygens (including phenoxy) is 1. The van der Waals surface area contributed by atoms with Crippen LogP contribution in [0.4, 0.5) is 20.7 Å². The fourth-order valence-electron chi connectivity index (χ4n) is 2.00. The Labute approximate surface area is 140 Å². The van der Waals surface area contributed by atoms with Crippen LogP contribution in [0.1, 0.15) is 5.56 Å². The van der Waals surface area contributed by atoms with E-state index in [1.807, 2.05) is 0 Å². The van der Waals surface area contributed by atoms with E-state index >= 15 is 0 Å². The maximum Gasteiger partial charge on any atom is 0.243 e. The molecule has 0 aliphatic carbocycles. The monoisotopic (exact) mass is 351 g/mol. The summed E-state index contributed by atoms with van der Waals surface area (Å²) in [4.78, 5) is 3.91. The van der Waals surface area contributed by atoms with Gasteiger partial charge in [-0.2, -0.15) is 4.98 Å². The van der Waals surface area contributed by atoms with Crippen molar-refractivity contribution in [3.05, 3.63) is 58.6 Å². The van der Waals surface area contributed by atoms with Crippen LogP contribution in [-0.4, -0.2) is 15.2 Å². The van der Waals surface area contributed by atoms with E-state index in [9.17, 15) is 8.78 Å². The van der Waals surface area contributed by atoms with Gasteiger partial charge < -0.3 is 15.8 Å². The third-order valence-electron chi connectivity index (χ3n) is 3.12. The van der Waals surface area contributed by atoms with Crippen molar-refractivity contribution >= 4 is 23.5 Å². The molecule has 0 spiro atoms. The number of aromatic nitrogens is 3. The van der Waals surface area contributed by atoms with E-state index in [-0.39, 0.29) is 24.2 Å². The average molecular weight is 352 g/mol. The Balaban J connectivity index is 1.84. The summed E-state index contributed by atoms with van der Waals surface area (Å²) in [7, 11) is 0. The first-order valence-corrected chi connectivity index (χ1v) is 7.23. The Kier molecular flexibility index (Phi) is 4.48. The van der Waals surface area contributed by atoms with Crippen LogP contribution in [0, 0.1) is 11.6 Å². The summed E-state index contributed by atoms with van der Waals surface area (Å²) in [6.07, 6.45) is 0. The number of benzene rings is 2. The van der Waals surface area contributed by atoms with Gasteiger partial charge in [0.1, 0.15) is 11.6 Å². The van der Waals surface area contributed by atoms with Gasteiger partial charge in [-0.1, -0.05) is 17.7 Å². The first kappa shape index (κ1) is 16.0. The lowest BCUT2D eigenvalue weighted by atomic mass is 10.2. The highest BCUT2D eigenvalue weighted by atomic mass is 35.5. The molecule has 3 rings (SSSR count). The summed E-state index contributed by atoms with van der Waals surface area (Å²) in [5.41, 5.74) is 6.01. The van der Waals surface area contributed by atoms with Crippen molar-refractivity contribution in [1.82, 2.24) is 15.2 Å². The zero-order valence-corrected chi connectivity index (χ0v) is 12.9. The maximum atomic E-state index is 13.8. The maximum absolute atomic E-state index is 13.8. The lowest BCUT2D eigenvalue weighted by molar-refractivity contribution is 0.434. The molecule has 9 heteroatoms. The molecule has 2 aromatic carbocycles. The van der Waals surface area contributed by atoms with Gasteiger partial charge in [0.25, 0.3) is 0 Å². The topological polar surface area (TPSA) is 88.8 Å². The highest BCUT2D eigenvalue weighted by Crippen LogP contribution is 2.32. The van der Waals surface area contributed by atoms with Crippen LogP contribution in [0.15, 0.2) is 36.4 Å². The largest absolute Gasteiger partial charge is 0.454 e. The van der Waals surface area contributed by atoms with Crippen molar-refractivity contribution in [1.29, 1.82) is 0 Å². The van der Waals surface area contributed by atoms with Crippen LogP contribution in [-0.2, 0) is 6.54 Å². The molecule has 0 bridgehead atoms. The second-order valence-corrected chi connectivity index (χ2v) is 5.20. The van der Waals surface area contributed by atoms with E-state index in [4.69, 9.17) is 22.1 Å². The van der Waals surface area contributed by atoms with Crippen molar-refractivity contribution < 1.29 is 13.5 Å². The van der Waals surface area contributed by atoms with Crippen molar-refractivity contribution in [3.63, 3.8) is 0 Å². The Bertz CT molecular complexity index is 871. The minimum Gasteiger partial charge on any atom is -0.454 e. The summed E-state index contributed by atoms with van der Waals surface area (Å²) in [6.45, 7) is 0.217. The van der Waals surface area contributed by atoms with Crippen molar-refractivity contribution in [2.45, 2.75) is 6.54 Å². The van der Waals surface area contributed by atoms with Gasteiger partial charge in [-0.25, -0.2) is 13.9 Å². The first-order chi connectivity index (χ1) is 11.5. The number of hydrogen-bond acceptors (Lipinski definition) is 5. The molecule has 24 heavy (non-hydrogen) atoms. The van der Waals surface area contributed by atoms with Crippen LogP contribution in [0.3, 0.4) is 0 Å². The molecule has 1 aromatic heterocycles. The third-order valence-corrected chi connectivity index (χ3v) is 3.47. The van der Waals surface area contributed by atoms with Crippen LogP contribution < -0.4 is 15.8 Å². The predicted molar refractivity (Wildman–Crippen MR) is 86.0 cm³/mol. The molecule has 0 saturated carbocycles. The van der Waals surface area contributed by atoms with Gasteiger partial charge >= 0.3 is 0 Å². The summed E-state index contributed by atoms with van der Waals surface area (Å²) in [5.74, 6) is -0.829. The van der Waals surface area contributed by atoms with Gasteiger partial charge in [-0.3, -0.25) is 0 Å². The molecule has 0 aliphatic heterocycles. The third kappa shape index (κ3) is 3.54. The summed E-state index contributed by atoms with van der Waals surface area (Å²) in [5, 5.41) is 9.66. The molecule has 124 valence electrons. The predicted octanol–water partition coefficient (Wildman–Crippen LogP) is 3.72. The number of nitrogens with zero attached hydrogens (tertiary/aromatic N) is 2. The van der Waals surface area contributed by atoms with Crippen molar-refractivity contribution in [2.75, 3.05) is 11.1 Å². The molecule has 1 heterocycles. The number of nitrogens with one attached hydrogen (secondary N) is 2. The average Bonchev–Trinajstić information content (AvgIpc) is 2.95. The molecule has 0 atom stereocenters. The minimum atomic E-state index is -0.810. The zero-order valence-electron chi connectivity index (χ0n) is 12.2. The van der Waals surface area contributed by atoms with Crippen LogP contribution in [0.25, 0.3) is 0 Å². The Hall–Kier alpha value is -2.87. The number of nitrogen functional groups attached to an aromatic ring is 1. The fourth-order valence-corrected chi connectivity index (χ4v) is 2.24. The van der Waals surface area contributed by atoms with E-state index in [0.717, 1.165) is 12.1 Å². The highest BCUT2D eigenvalue weighted by Gasteiger charge is 2.13. The lowest BCUT2D eigenvalue weighted by Gasteiger charge is -2.13. The zero-order chi connectivity index (χ0) is 17.1. The van der Waals surface area contributed by atoms with Crippen LogP contribution in [0.2, 0.25) is 5.02 Å². The molecule has 3 aromatic rings. The molecular weight excluding hydrogens is 340 g/mol. The number of hydrogen-bond donors (Lipinski definition) is 3. The van der Waals surface area contributed by atoms with Crippen molar-refractivity contribution in [3.8, 4) is 11.5 Å². The number of aromatic amines is 1. The SMILES string of the molecule is Nc1nc(NCc2c(Cl)cccc2Oc2ccc(F)cc2F)n[nH]1. The molecule has 0 amide bonds. The molecule has 4 N–H and O–H groups in total. The standard InChI is InChI=1S/C15H12ClF2N5O/c16-10-2-1-3-12(24-13-5-4-8(17)6-11(13)18)9(10)7-20-15-21-14(19)22-23-15/h1-6H,7H2,(H4,19,20,21,22,23). The van der Waals surface area contributed by atoms with E-state index in [0.29, 0.717) is 16.3 Å². The molecule has 0 aliphatic rings. The second kappa shape index (κ2) is 6.71. The van der Waals surface area contributed by atoms with Gasteiger partial charge in [0, 0.05) is 23.2 Å². The summed E-state index contributed by atoms with van der Waals surface area (Å²) >= 11 is 6.19. The van der Waals surface area contributed by atoms with E-state index in [1.165, 1.54) is 6.07 Å². The molecule has 6 nitrogen and oxygen atoms in total. The Morgan fingerprint density at radius 2 is 2.04 bits per heavy atom. The normalized spacial score (nSPS) is 10.6. The van der Waals surface area contributed by atoms with Gasteiger partial charge in [0.15, 0.2) is 11.6 Å². The van der Waals surface area contributed by atoms with Gasteiger partial charge in [0.2, 0.25) is 11.9 Å². The van der Waals surface area contributed by atoms with Gasteiger partial charge in [0.05, 0.1) is 0 Å². The number of nitrogens with two attached hydrogens (primary N) is 1. The molecule has 0 saturated heterocycles. The summed E-state index contributed by atoms with van der Waals surface area (Å²) < 4.78 is 32.3. The van der Waals surface area contributed by atoms with E-state index in [1.54, 1.807) is 18.2 Å². The quantitative estimate of drug-likeness (QED) is 0.652. The number of halogens is 3. The van der Waals surface area contributed by atoms with E-state index < -0.39 is 11.6 Å². The fraction of sp³-hybridized carbons (Fsp3) is 0.0667. The highest BCUT2D eigenvalue weighted by molar-refractivity contribution is 6.31. The van der Waals surface area contributed by atoms with Crippen LogP contribution >= 0.6 is 11.6 Å². The van der Waals surface area contributed by atoms with Crippen LogP contribution in [0.5, 0.6) is 11.5 Å². The molecule has 0 fully saturated rings. The number of anilines is 2. The minimum absolute atomic E-state index is 0.109. The van der Waals surface area contributed by atoms with Gasteiger partial charge in [-0.05, 0) is 24.3 Å². The molecule has 0 unspecified atom stereocenters. The van der Waals surface area contributed by atoms with E-state index in [2.05, 4.69) is 20.5 Å². The number of rotatable bonds is 5. The number of H-pyrrole nitrogens is 1. The first-order valence-electron chi connectivity index (χ1n) is 6.85. The second-order valence-electron chi connectivity index (χ2n) is 4.79. The summed E-state index contributed by atoms with van der Waals surface area (Å²) in [6, 6.07) is 8.01. The van der Waals surface area contributed by atoms with Gasteiger partial charge in [-0.15, -0.1) is 5.10 Å². The smallest absolute Gasteiger partial charge is 0.243 e. The Morgan fingerprint density at radius 1 is 1.21 bits per heavy atom.